The van der Waals surface area contributed by atoms with Gasteiger partial charge in [0.1, 0.15) is 0 Å². The average Bonchev–Trinajstić information content (AvgIpc) is 3.10. The van der Waals surface area contributed by atoms with E-state index in [-0.39, 0.29) is 5.91 Å². The van der Waals surface area contributed by atoms with E-state index in [9.17, 15) is 4.79 Å². The molecule has 4 nitrogen and oxygen atoms in total. The second kappa shape index (κ2) is 6.06. The Morgan fingerprint density at radius 1 is 1.21 bits per heavy atom. The lowest BCUT2D eigenvalue weighted by atomic mass is 10.1. The van der Waals surface area contributed by atoms with Crippen molar-refractivity contribution in [2.45, 2.75) is 26.7 Å². The average molecular weight is 265 g/mol. The van der Waals surface area contributed by atoms with Crippen molar-refractivity contribution in [1.82, 2.24) is 15.1 Å². The molecule has 2 aliphatic rings. The lowest BCUT2D eigenvalue weighted by Crippen LogP contribution is -2.47. The summed E-state index contributed by atoms with van der Waals surface area (Å²) >= 11 is 0. The quantitative estimate of drug-likeness (QED) is 0.756. The molecule has 1 amide bonds. The number of carbonyl (C=O) groups excluding carboxylic acids is 1. The van der Waals surface area contributed by atoms with Gasteiger partial charge in [-0.05, 0) is 33.7 Å². The highest BCUT2D eigenvalue weighted by Crippen LogP contribution is 2.45. The van der Waals surface area contributed by atoms with E-state index < -0.39 is 0 Å². The first-order valence-electron chi connectivity index (χ1n) is 7.33. The minimum absolute atomic E-state index is 0.0599. The zero-order valence-corrected chi connectivity index (χ0v) is 12.5. The molecule has 19 heavy (non-hydrogen) atoms. The number of nitrogens with zero attached hydrogens (tertiary/aromatic N) is 2. The fraction of sp³-hybridized carbons (Fsp3) is 0.800. The Bertz CT molecular complexity index is 348. The minimum atomic E-state index is 0.0599. The smallest absolute Gasteiger partial charge is 0.243 e. The number of hydrogen-bond acceptors (Lipinski definition) is 3. The number of hydrogen-bond donors (Lipinski definition) is 1. The predicted molar refractivity (Wildman–Crippen MR) is 78.0 cm³/mol. The van der Waals surface area contributed by atoms with E-state index in [1.807, 2.05) is 13.8 Å². The Hall–Kier alpha value is -0.870. The standard InChI is InChI=1S/C15H27N3O/c1-13(2)10-14(19)16-11-15(4-5-15)12-18-8-6-17(3)7-9-18/h10H,4-9,11-12H2,1-3H3,(H,16,19). The SMILES string of the molecule is CC(C)=CC(=O)NCC1(CN2CCN(C)CC2)CC1. The second-order valence-electron chi connectivity index (χ2n) is 6.52. The van der Waals surface area contributed by atoms with Gasteiger partial charge in [0.25, 0.3) is 0 Å². The lowest BCUT2D eigenvalue weighted by Gasteiger charge is -2.34. The lowest BCUT2D eigenvalue weighted by molar-refractivity contribution is -0.116. The summed E-state index contributed by atoms with van der Waals surface area (Å²) in [6.45, 7) is 10.6. The molecule has 0 radical (unpaired) electrons. The molecule has 0 unspecified atom stereocenters. The van der Waals surface area contributed by atoms with Gasteiger partial charge >= 0.3 is 0 Å². The molecule has 2 rings (SSSR count). The van der Waals surface area contributed by atoms with Gasteiger partial charge in [0.15, 0.2) is 0 Å². The Labute approximate surface area is 116 Å². The Kier molecular flexibility index (Phi) is 4.63. The first-order chi connectivity index (χ1) is 8.99. The normalized spacial score (nSPS) is 22.9. The van der Waals surface area contributed by atoms with E-state index in [1.54, 1.807) is 6.08 Å². The fourth-order valence-electron chi connectivity index (χ4n) is 2.64. The molecule has 1 aliphatic carbocycles. The summed E-state index contributed by atoms with van der Waals surface area (Å²) in [7, 11) is 2.18. The van der Waals surface area contributed by atoms with Gasteiger partial charge in [-0.15, -0.1) is 0 Å². The van der Waals surface area contributed by atoms with Crippen molar-refractivity contribution >= 4 is 5.91 Å². The maximum atomic E-state index is 11.7. The van der Waals surface area contributed by atoms with Crippen LogP contribution in [-0.2, 0) is 4.79 Å². The summed E-state index contributed by atoms with van der Waals surface area (Å²) in [4.78, 5) is 16.6. The minimum Gasteiger partial charge on any atom is -0.352 e. The number of likely N-dealkylation sites (N-methyl/N-ethyl adjacent to an activating group) is 1. The number of allylic oxidation sites excluding steroid dienone is 1. The monoisotopic (exact) mass is 265 g/mol. The van der Waals surface area contributed by atoms with Gasteiger partial charge < -0.3 is 15.1 Å². The van der Waals surface area contributed by atoms with E-state index in [4.69, 9.17) is 0 Å². The van der Waals surface area contributed by atoms with Crippen LogP contribution in [0.15, 0.2) is 11.6 Å². The van der Waals surface area contributed by atoms with Crippen molar-refractivity contribution in [3.8, 4) is 0 Å². The molecule has 0 bridgehead atoms. The van der Waals surface area contributed by atoms with Crippen molar-refractivity contribution in [1.29, 1.82) is 0 Å². The molecular weight excluding hydrogens is 238 g/mol. The van der Waals surface area contributed by atoms with Gasteiger partial charge in [0.2, 0.25) is 5.91 Å². The predicted octanol–water partition coefficient (Wildman–Crippen LogP) is 1.10. The van der Waals surface area contributed by atoms with Crippen LogP contribution in [0, 0.1) is 5.41 Å². The topological polar surface area (TPSA) is 35.6 Å². The van der Waals surface area contributed by atoms with Crippen molar-refractivity contribution in [3.05, 3.63) is 11.6 Å². The summed E-state index contributed by atoms with van der Waals surface area (Å²) in [6, 6.07) is 0. The zero-order valence-electron chi connectivity index (χ0n) is 12.5. The van der Waals surface area contributed by atoms with Gasteiger partial charge in [0, 0.05) is 50.8 Å². The maximum absolute atomic E-state index is 11.7. The van der Waals surface area contributed by atoms with Crippen LogP contribution in [0.25, 0.3) is 0 Å². The van der Waals surface area contributed by atoms with Crippen molar-refractivity contribution in [3.63, 3.8) is 0 Å². The van der Waals surface area contributed by atoms with Crippen LogP contribution in [0.3, 0.4) is 0 Å². The number of piperazine rings is 1. The number of nitrogens with one attached hydrogen (secondary N) is 1. The van der Waals surface area contributed by atoms with E-state index in [0.717, 1.165) is 18.7 Å². The summed E-state index contributed by atoms with van der Waals surface area (Å²) < 4.78 is 0. The van der Waals surface area contributed by atoms with Crippen LogP contribution in [0.1, 0.15) is 26.7 Å². The molecule has 1 aliphatic heterocycles. The summed E-state index contributed by atoms with van der Waals surface area (Å²) in [6.07, 6.45) is 4.20. The summed E-state index contributed by atoms with van der Waals surface area (Å²) in [5.74, 6) is 0.0599. The van der Waals surface area contributed by atoms with Crippen molar-refractivity contribution in [2.75, 3.05) is 46.3 Å². The van der Waals surface area contributed by atoms with E-state index in [0.29, 0.717) is 5.41 Å². The summed E-state index contributed by atoms with van der Waals surface area (Å²) in [5, 5.41) is 3.06. The van der Waals surface area contributed by atoms with Gasteiger partial charge in [-0.1, -0.05) is 5.57 Å². The Morgan fingerprint density at radius 2 is 1.84 bits per heavy atom. The van der Waals surface area contributed by atoms with Crippen LogP contribution in [0.5, 0.6) is 0 Å². The molecule has 1 saturated carbocycles. The van der Waals surface area contributed by atoms with Crippen LogP contribution >= 0.6 is 0 Å². The molecule has 0 aromatic heterocycles. The number of carbonyl (C=O) groups is 1. The zero-order chi connectivity index (χ0) is 13.9. The van der Waals surface area contributed by atoms with Crippen LogP contribution in [-0.4, -0.2) is 62.0 Å². The molecule has 1 heterocycles. The highest BCUT2D eigenvalue weighted by atomic mass is 16.1. The molecule has 2 fully saturated rings. The second-order valence-corrected chi connectivity index (χ2v) is 6.52. The number of amides is 1. The van der Waals surface area contributed by atoms with Gasteiger partial charge in [-0.2, -0.15) is 0 Å². The third-order valence-electron chi connectivity index (χ3n) is 4.17. The van der Waals surface area contributed by atoms with Gasteiger partial charge in [-0.25, -0.2) is 0 Å². The molecular formula is C15H27N3O. The Morgan fingerprint density at radius 3 is 2.37 bits per heavy atom. The van der Waals surface area contributed by atoms with E-state index in [1.165, 1.54) is 39.0 Å². The first-order valence-corrected chi connectivity index (χ1v) is 7.33. The molecule has 108 valence electrons. The molecule has 0 atom stereocenters. The molecule has 1 N–H and O–H groups in total. The molecule has 0 spiro atoms. The maximum Gasteiger partial charge on any atom is 0.243 e. The van der Waals surface area contributed by atoms with Gasteiger partial charge in [-0.3, -0.25) is 4.79 Å². The van der Waals surface area contributed by atoms with Crippen LogP contribution < -0.4 is 5.32 Å². The fourth-order valence-corrected chi connectivity index (χ4v) is 2.64. The molecule has 1 saturated heterocycles. The first kappa shape index (κ1) is 14.5. The summed E-state index contributed by atoms with van der Waals surface area (Å²) in [5.41, 5.74) is 1.42. The largest absolute Gasteiger partial charge is 0.352 e. The van der Waals surface area contributed by atoms with E-state index >= 15 is 0 Å². The van der Waals surface area contributed by atoms with E-state index in [2.05, 4.69) is 22.2 Å². The number of rotatable bonds is 5. The Balaban J connectivity index is 1.74. The van der Waals surface area contributed by atoms with Gasteiger partial charge in [0.05, 0.1) is 0 Å². The highest BCUT2D eigenvalue weighted by molar-refractivity contribution is 5.88. The van der Waals surface area contributed by atoms with Crippen molar-refractivity contribution < 1.29 is 4.79 Å². The van der Waals surface area contributed by atoms with Crippen LogP contribution in [0.2, 0.25) is 0 Å². The van der Waals surface area contributed by atoms with Crippen LogP contribution in [0.4, 0.5) is 0 Å². The third-order valence-corrected chi connectivity index (χ3v) is 4.17. The molecule has 4 heteroatoms. The van der Waals surface area contributed by atoms with Crippen molar-refractivity contribution in [2.24, 2.45) is 5.41 Å². The molecule has 0 aromatic carbocycles. The molecule has 0 aromatic rings. The highest BCUT2D eigenvalue weighted by Gasteiger charge is 2.44. The third kappa shape index (κ3) is 4.62.